The quantitative estimate of drug-likeness (QED) is 0.317. The van der Waals surface area contributed by atoms with Crippen LogP contribution in [0.3, 0.4) is 0 Å². The predicted octanol–water partition coefficient (Wildman–Crippen LogP) is 0.933. The molecule has 1 aromatic carbocycles. The molecular weight excluding hydrogens is 130 g/mol. The molecule has 4 nitrogen and oxygen atoms in total. The molecule has 0 heterocycles. The summed E-state index contributed by atoms with van der Waals surface area (Å²) in [4.78, 5) is 0. The number of nitrogens with zero attached hydrogens (tertiary/aromatic N) is 1. The SMILES string of the molecule is N=Nc1ccccc1[NH2+]O. The summed E-state index contributed by atoms with van der Waals surface area (Å²) < 4.78 is 0. The lowest BCUT2D eigenvalue weighted by molar-refractivity contribution is -0.825. The van der Waals surface area contributed by atoms with Crippen molar-refractivity contribution >= 4 is 11.4 Å². The third kappa shape index (κ3) is 1.18. The van der Waals surface area contributed by atoms with Crippen LogP contribution >= 0.6 is 0 Å². The summed E-state index contributed by atoms with van der Waals surface area (Å²) in [5.41, 5.74) is 8.66. The molecule has 0 saturated carbocycles. The number of nitrogens with one attached hydrogen (secondary N) is 1. The van der Waals surface area contributed by atoms with Gasteiger partial charge in [0.1, 0.15) is 5.69 Å². The molecule has 52 valence electrons. The first-order chi connectivity index (χ1) is 4.88. The predicted molar refractivity (Wildman–Crippen MR) is 34.6 cm³/mol. The van der Waals surface area contributed by atoms with Gasteiger partial charge in [0.25, 0.3) is 0 Å². The second-order valence-electron chi connectivity index (χ2n) is 1.80. The maximum Gasteiger partial charge on any atom is 0.189 e. The third-order valence-corrected chi connectivity index (χ3v) is 1.20. The highest BCUT2D eigenvalue weighted by atomic mass is 16.5. The molecule has 0 aromatic heterocycles. The summed E-state index contributed by atoms with van der Waals surface area (Å²) in [6.45, 7) is 0. The molecule has 0 saturated heterocycles. The van der Waals surface area contributed by atoms with E-state index in [0.717, 1.165) is 5.48 Å². The molecule has 0 spiro atoms. The van der Waals surface area contributed by atoms with E-state index in [-0.39, 0.29) is 0 Å². The van der Waals surface area contributed by atoms with Crippen molar-refractivity contribution in [3.63, 3.8) is 0 Å². The van der Waals surface area contributed by atoms with Crippen LogP contribution in [0, 0.1) is 5.53 Å². The smallest absolute Gasteiger partial charge is 0.189 e. The zero-order valence-corrected chi connectivity index (χ0v) is 5.28. The molecule has 0 amide bonds. The van der Waals surface area contributed by atoms with Gasteiger partial charge in [0.2, 0.25) is 0 Å². The van der Waals surface area contributed by atoms with Gasteiger partial charge in [-0.1, -0.05) is 12.1 Å². The van der Waals surface area contributed by atoms with Crippen molar-refractivity contribution in [3.8, 4) is 0 Å². The number of para-hydroxylation sites is 2. The van der Waals surface area contributed by atoms with Crippen LogP contribution < -0.4 is 5.48 Å². The zero-order chi connectivity index (χ0) is 7.40. The van der Waals surface area contributed by atoms with Crippen LogP contribution in [-0.4, -0.2) is 5.21 Å². The molecule has 1 aromatic rings. The molecule has 0 fully saturated rings. The van der Waals surface area contributed by atoms with Crippen molar-refractivity contribution in [2.45, 2.75) is 0 Å². The molecule has 10 heavy (non-hydrogen) atoms. The zero-order valence-electron chi connectivity index (χ0n) is 5.28. The van der Waals surface area contributed by atoms with Crippen molar-refractivity contribution in [3.05, 3.63) is 24.3 Å². The summed E-state index contributed by atoms with van der Waals surface area (Å²) in [6, 6.07) is 6.89. The van der Waals surface area contributed by atoms with Crippen LogP contribution in [0.5, 0.6) is 0 Å². The van der Waals surface area contributed by atoms with Crippen molar-refractivity contribution < 1.29 is 10.7 Å². The van der Waals surface area contributed by atoms with Gasteiger partial charge in [0.05, 0.1) is 0 Å². The number of hydrogen-bond donors (Lipinski definition) is 3. The largest absolute Gasteiger partial charge is 0.215 e. The molecule has 0 atom stereocenters. The highest BCUT2D eigenvalue weighted by Gasteiger charge is 2.00. The number of rotatable bonds is 2. The van der Waals surface area contributed by atoms with E-state index >= 15 is 0 Å². The minimum Gasteiger partial charge on any atom is -0.215 e. The van der Waals surface area contributed by atoms with Gasteiger partial charge in [-0.25, -0.2) is 10.7 Å². The van der Waals surface area contributed by atoms with E-state index < -0.39 is 0 Å². The van der Waals surface area contributed by atoms with Crippen LogP contribution in [-0.2, 0) is 0 Å². The molecule has 0 aliphatic carbocycles. The van der Waals surface area contributed by atoms with E-state index in [1.165, 1.54) is 0 Å². The summed E-state index contributed by atoms with van der Waals surface area (Å²) >= 11 is 0. The fraction of sp³-hybridized carbons (Fsp3) is 0. The molecule has 0 aliphatic heterocycles. The van der Waals surface area contributed by atoms with E-state index in [0.29, 0.717) is 11.4 Å². The van der Waals surface area contributed by atoms with Crippen LogP contribution in [0.4, 0.5) is 11.4 Å². The number of quaternary nitrogens is 1. The Kier molecular flexibility index (Phi) is 2.09. The molecule has 4 N–H and O–H groups in total. The molecular formula is C6H8N3O+. The van der Waals surface area contributed by atoms with Gasteiger partial charge in [0, 0.05) is 6.07 Å². The Balaban J connectivity index is 3.08. The van der Waals surface area contributed by atoms with Gasteiger partial charge in [-0.05, 0) is 6.07 Å². The normalized spacial score (nSPS) is 9.30. The fourth-order valence-electron chi connectivity index (χ4n) is 0.699. The highest BCUT2D eigenvalue weighted by Crippen LogP contribution is 2.17. The molecule has 0 unspecified atom stereocenters. The first kappa shape index (κ1) is 6.85. The molecule has 0 radical (unpaired) electrons. The lowest BCUT2D eigenvalue weighted by Gasteiger charge is -1.93. The van der Waals surface area contributed by atoms with E-state index in [1.807, 2.05) is 0 Å². The van der Waals surface area contributed by atoms with Crippen molar-refractivity contribution in [1.82, 2.24) is 0 Å². The van der Waals surface area contributed by atoms with Crippen LogP contribution in [0.1, 0.15) is 0 Å². The summed E-state index contributed by atoms with van der Waals surface area (Å²) in [6.07, 6.45) is 0. The van der Waals surface area contributed by atoms with Gasteiger partial charge in [-0.15, -0.1) is 0 Å². The average Bonchev–Trinajstić information content (AvgIpc) is 2.04. The van der Waals surface area contributed by atoms with Crippen LogP contribution in [0.2, 0.25) is 0 Å². The molecule has 0 aliphatic rings. The highest BCUT2D eigenvalue weighted by molar-refractivity contribution is 5.54. The first-order valence-electron chi connectivity index (χ1n) is 2.82. The monoisotopic (exact) mass is 138 g/mol. The standard InChI is InChI=1S/C6H7N3O/c7-8-5-3-1-2-4-6(5)9-10/h1-4,7,9-10H/p+1. The summed E-state index contributed by atoms with van der Waals surface area (Å²) in [7, 11) is 0. The molecule has 0 bridgehead atoms. The number of nitrogens with two attached hydrogens (primary N) is 1. The maximum absolute atomic E-state index is 8.58. The Morgan fingerprint density at radius 1 is 1.40 bits per heavy atom. The van der Waals surface area contributed by atoms with E-state index in [2.05, 4.69) is 5.11 Å². The van der Waals surface area contributed by atoms with Gasteiger partial charge < -0.3 is 0 Å². The second kappa shape index (κ2) is 3.05. The van der Waals surface area contributed by atoms with Crippen molar-refractivity contribution in [1.29, 1.82) is 5.53 Å². The molecule has 1 rings (SSSR count). The van der Waals surface area contributed by atoms with E-state index in [9.17, 15) is 0 Å². The maximum atomic E-state index is 8.58. The van der Waals surface area contributed by atoms with E-state index in [1.54, 1.807) is 24.3 Å². The minimum absolute atomic E-state index is 0.477. The lowest BCUT2D eigenvalue weighted by Crippen LogP contribution is -2.73. The fourth-order valence-corrected chi connectivity index (χ4v) is 0.699. The first-order valence-corrected chi connectivity index (χ1v) is 2.82. The van der Waals surface area contributed by atoms with Gasteiger partial charge in [0.15, 0.2) is 5.69 Å². The Labute approximate surface area is 58.0 Å². The van der Waals surface area contributed by atoms with Crippen LogP contribution in [0.15, 0.2) is 29.4 Å². The van der Waals surface area contributed by atoms with Gasteiger partial charge >= 0.3 is 0 Å². The number of benzene rings is 1. The molecule has 4 heteroatoms. The second-order valence-corrected chi connectivity index (χ2v) is 1.80. The van der Waals surface area contributed by atoms with E-state index in [4.69, 9.17) is 10.7 Å². The Hall–Kier alpha value is -1.26. The Morgan fingerprint density at radius 3 is 2.60 bits per heavy atom. The summed E-state index contributed by atoms with van der Waals surface area (Å²) in [5, 5.41) is 11.8. The van der Waals surface area contributed by atoms with Gasteiger partial charge in [-0.2, -0.15) is 10.6 Å². The lowest BCUT2D eigenvalue weighted by atomic mass is 10.3. The minimum atomic E-state index is 0.477. The number of hydrogen-bond acceptors (Lipinski definition) is 3. The third-order valence-electron chi connectivity index (χ3n) is 1.20. The average molecular weight is 138 g/mol. The summed E-state index contributed by atoms with van der Waals surface area (Å²) in [5.74, 6) is 0. The van der Waals surface area contributed by atoms with Gasteiger partial charge in [-0.3, -0.25) is 0 Å². The van der Waals surface area contributed by atoms with Crippen molar-refractivity contribution in [2.24, 2.45) is 5.11 Å². The van der Waals surface area contributed by atoms with Crippen LogP contribution in [0.25, 0.3) is 0 Å². The topological polar surface area (TPSA) is 73.0 Å². The Morgan fingerprint density at radius 2 is 2.10 bits per heavy atom. The Bertz CT molecular complexity index is 236. The van der Waals surface area contributed by atoms with Crippen molar-refractivity contribution in [2.75, 3.05) is 0 Å².